The number of fused-ring (bicyclic) bond motifs is 1. The molecule has 0 aliphatic carbocycles. The third-order valence-corrected chi connectivity index (χ3v) is 4.67. The number of rotatable bonds is 3. The van der Waals surface area contributed by atoms with E-state index in [1.54, 1.807) is 13.8 Å². The molecule has 0 atom stereocenters. The molecular weight excluding hydrogens is 383 g/mol. The maximum absolute atomic E-state index is 12.9. The Morgan fingerprint density at radius 2 is 1.69 bits per heavy atom. The smallest absolute Gasteiger partial charge is 0.326 e. The van der Waals surface area contributed by atoms with Crippen molar-refractivity contribution in [1.82, 2.24) is 19.6 Å². The Bertz CT molecular complexity index is 1060. The third kappa shape index (κ3) is 4.38. The van der Waals surface area contributed by atoms with Crippen LogP contribution in [0.5, 0.6) is 0 Å². The van der Waals surface area contributed by atoms with Crippen molar-refractivity contribution in [1.29, 1.82) is 0 Å². The molecule has 6 nitrogen and oxygen atoms in total. The number of amides is 1. The van der Waals surface area contributed by atoms with Gasteiger partial charge in [0.25, 0.3) is 11.6 Å². The molecule has 0 saturated heterocycles. The number of nitrogens with zero attached hydrogens (tertiary/aromatic N) is 4. The first-order valence-corrected chi connectivity index (χ1v) is 9.06. The molecule has 154 valence electrons. The number of carbonyl (C=O) groups is 1. The number of alkyl halides is 3. The van der Waals surface area contributed by atoms with Gasteiger partial charge >= 0.3 is 6.18 Å². The molecule has 2 heterocycles. The molecule has 0 fully saturated rings. The molecule has 0 unspecified atom stereocenters. The zero-order valence-corrected chi connectivity index (χ0v) is 16.8. The zero-order valence-electron chi connectivity index (χ0n) is 16.8. The standard InChI is InChI=1S/C20H22F3N5O/c1-11-15(12(2)28-18(24-11)26-17(27-28)20(21,22)23)10-16(29)25-14-8-6-13(7-9-14)19(3,4)5/h6-9H,10H2,1-5H3,(H,25,29). The summed E-state index contributed by atoms with van der Waals surface area (Å²) in [7, 11) is 0. The monoisotopic (exact) mass is 405 g/mol. The Balaban J connectivity index is 1.83. The predicted molar refractivity (Wildman–Crippen MR) is 103 cm³/mol. The minimum Gasteiger partial charge on any atom is -0.326 e. The van der Waals surface area contributed by atoms with Crippen LogP contribution in [0.4, 0.5) is 18.9 Å². The molecule has 0 radical (unpaired) electrons. The summed E-state index contributed by atoms with van der Waals surface area (Å²) < 4.78 is 39.7. The fourth-order valence-corrected chi connectivity index (χ4v) is 3.00. The quantitative estimate of drug-likeness (QED) is 0.708. The van der Waals surface area contributed by atoms with E-state index < -0.39 is 12.0 Å². The lowest BCUT2D eigenvalue weighted by Crippen LogP contribution is -2.18. The maximum atomic E-state index is 12.9. The summed E-state index contributed by atoms with van der Waals surface area (Å²) in [6.45, 7) is 9.53. The van der Waals surface area contributed by atoms with Gasteiger partial charge in [0.05, 0.1) is 6.42 Å². The predicted octanol–water partition coefficient (Wildman–Crippen LogP) is 4.24. The minimum absolute atomic E-state index is 0.00487. The summed E-state index contributed by atoms with van der Waals surface area (Å²) in [6.07, 6.45) is -4.70. The van der Waals surface area contributed by atoms with Crippen LogP contribution in [0.3, 0.4) is 0 Å². The second-order valence-corrected chi connectivity index (χ2v) is 7.96. The summed E-state index contributed by atoms with van der Waals surface area (Å²) in [5.74, 6) is -1.70. The minimum atomic E-state index is -4.66. The van der Waals surface area contributed by atoms with Crippen molar-refractivity contribution in [3.8, 4) is 0 Å². The lowest BCUT2D eigenvalue weighted by Gasteiger charge is -2.19. The van der Waals surface area contributed by atoms with Crippen molar-refractivity contribution >= 4 is 17.4 Å². The summed E-state index contributed by atoms with van der Waals surface area (Å²) in [5.41, 5.74) is 3.14. The largest absolute Gasteiger partial charge is 0.453 e. The highest BCUT2D eigenvalue weighted by molar-refractivity contribution is 5.92. The van der Waals surface area contributed by atoms with Crippen LogP contribution >= 0.6 is 0 Å². The SMILES string of the molecule is Cc1nc2nc(C(F)(F)F)nn2c(C)c1CC(=O)Nc1ccc(C(C)(C)C)cc1. The van der Waals surface area contributed by atoms with Gasteiger partial charge < -0.3 is 5.32 Å². The average Bonchev–Trinajstić information content (AvgIpc) is 3.03. The molecule has 0 aliphatic heterocycles. The van der Waals surface area contributed by atoms with E-state index in [2.05, 4.69) is 41.2 Å². The van der Waals surface area contributed by atoms with E-state index >= 15 is 0 Å². The van der Waals surface area contributed by atoms with Crippen LogP contribution in [0.1, 0.15) is 49.1 Å². The fourth-order valence-electron chi connectivity index (χ4n) is 3.00. The van der Waals surface area contributed by atoms with Gasteiger partial charge in [-0.1, -0.05) is 32.9 Å². The van der Waals surface area contributed by atoms with Crippen LogP contribution in [-0.4, -0.2) is 25.5 Å². The number of halogens is 3. The number of hydrogen-bond acceptors (Lipinski definition) is 4. The molecule has 1 aromatic carbocycles. The molecule has 0 aliphatic rings. The van der Waals surface area contributed by atoms with Crippen molar-refractivity contribution in [2.75, 3.05) is 5.32 Å². The molecule has 3 rings (SSSR count). The van der Waals surface area contributed by atoms with Gasteiger partial charge in [0, 0.05) is 22.6 Å². The number of benzene rings is 1. The number of anilines is 1. The number of nitrogens with one attached hydrogen (secondary N) is 1. The summed E-state index contributed by atoms with van der Waals surface area (Å²) >= 11 is 0. The molecule has 29 heavy (non-hydrogen) atoms. The molecule has 3 aromatic rings. The molecule has 2 aromatic heterocycles. The Hall–Kier alpha value is -2.97. The molecule has 0 saturated carbocycles. The van der Waals surface area contributed by atoms with E-state index in [1.165, 1.54) is 0 Å². The second-order valence-electron chi connectivity index (χ2n) is 7.96. The number of carbonyl (C=O) groups excluding carboxylic acids is 1. The van der Waals surface area contributed by atoms with Gasteiger partial charge in [-0.3, -0.25) is 4.79 Å². The molecule has 1 amide bonds. The molecule has 0 spiro atoms. The van der Waals surface area contributed by atoms with Gasteiger partial charge in [0.2, 0.25) is 5.91 Å². The Kier molecular flexibility index (Phi) is 5.10. The van der Waals surface area contributed by atoms with Crippen molar-refractivity contribution in [2.24, 2.45) is 0 Å². The topological polar surface area (TPSA) is 72.2 Å². The van der Waals surface area contributed by atoms with Crippen LogP contribution in [0.15, 0.2) is 24.3 Å². The van der Waals surface area contributed by atoms with Crippen molar-refractivity contribution in [3.05, 3.63) is 52.6 Å². The highest BCUT2D eigenvalue weighted by Gasteiger charge is 2.37. The van der Waals surface area contributed by atoms with Gasteiger partial charge in [-0.2, -0.15) is 18.2 Å². The Morgan fingerprint density at radius 1 is 1.07 bits per heavy atom. The fraction of sp³-hybridized carbons (Fsp3) is 0.400. The van der Waals surface area contributed by atoms with Crippen molar-refractivity contribution in [2.45, 2.75) is 52.6 Å². The highest BCUT2D eigenvalue weighted by Crippen LogP contribution is 2.27. The van der Waals surface area contributed by atoms with Gasteiger partial charge in [-0.15, -0.1) is 5.10 Å². The van der Waals surface area contributed by atoms with E-state index in [9.17, 15) is 18.0 Å². The highest BCUT2D eigenvalue weighted by atomic mass is 19.4. The van der Waals surface area contributed by atoms with E-state index in [0.29, 0.717) is 22.6 Å². The van der Waals surface area contributed by atoms with E-state index in [4.69, 9.17) is 0 Å². The van der Waals surface area contributed by atoms with E-state index in [0.717, 1.165) is 10.1 Å². The lowest BCUT2D eigenvalue weighted by molar-refractivity contribution is -0.144. The number of aromatic nitrogens is 4. The summed E-state index contributed by atoms with van der Waals surface area (Å²) in [4.78, 5) is 20.0. The van der Waals surface area contributed by atoms with Gasteiger partial charge in [-0.05, 0) is 37.0 Å². The van der Waals surface area contributed by atoms with Crippen LogP contribution in [0.25, 0.3) is 5.78 Å². The normalized spacial score (nSPS) is 12.4. The summed E-state index contributed by atoms with van der Waals surface area (Å²) in [5, 5.41) is 6.30. The first kappa shape index (κ1) is 20.8. The number of hydrogen-bond donors (Lipinski definition) is 1. The first-order valence-electron chi connectivity index (χ1n) is 9.06. The van der Waals surface area contributed by atoms with Crippen LogP contribution in [0.2, 0.25) is 0 Å². The Morgan fingerprint density at radius 3 is 2.24 bits per heavy atom. The van der Waals surface area contributed by atoms with E-state index in [1.807, 2.05) is 24.3 Å². The third-order valence-electron chi connectivity index (χ3n) is 4.67. The Labute approximate surface area is 166 Å². The molecule has 9 heteroatoms. The lowest BCUT2D eigenvalue weighted by atomic mass is 9.87. The van der Waals surface area contributed by atoms with Crippen molar-refractivity contribution < 1.29 is 18.0 Å². The van der Waals surface area contributed by atoms with Gasteiger partial charge in [0.15, 0.2) is 0 Å². The first-order chi connectivity index (χ1) is 13.4. The molecule has 1 N–H and O–H groups in total. The van der Waals surface area contributed by atoms with Gasteiger partial charge in [0.1, 0.15) is 0 Å². The molecular formula is C20H22F3N5O. The van der Waals surface area contributed by atoms with Crippen LogP contribution < -0.4 is 5.32 Å². The maximum Gasteiger partial charge on any atom is 0.453 e. The van der Waals surface area contributed by atoms with Crippen molar-refractivity contribution in [3.63, 3.8) is 0 Å². The summed E-state index contributed by atoms with van der Waals surface area (Å²) in [6, 6.07) is 7.56. The number of aryl methyl sites for hydroxylation is 2. The average molecular weight is 405 g/mol. The van der Waals surface area contributed by atoms with Crippen LogP contribution in [0, 0.1) is 13.8 Å². The van der Waals surface area contributed by atoms with E-state index in [-0.39, 0.29) is 23.5 Å². The second kappa shape index (κ2) is 7.13. The van der Waals surface area contributed by atoms with Gasteiger partial charge in [-0.25, -0.2) is 9.50 Å². The molecule has 0 bridgehead atoms. The zero-order chi connectivity index (χ0) is 21.6. The van der Waals surface area contributed by atoms with Crippen LogP contribution in [-0.2, 0) is 22.8 Å².